The number of fused-ring (bicyclic) bond motifs is 12. The molecule has 0 saturated heterocycles. The van der Waals surface area contributed by atoms with E-state index in [-0.39, 0.29) is 32.6 Å². The van der Waals surface area contributed by atoms with Crippen LogP contribution < -0.4 is 0 Å². The first-order chi connectivity index (χ1) is 24.1. The van der Waals surface area contributed by atoms with E-state index in [4.69, 9.17) is 9.98 Å². The Morgan fingerprint density at radius 2 is 1.12 bits per heavy atom. The van der Waals surface area contributed by atoms with E-state index in [0.717, 1.165) is 32.8 Å². The molecule has 0 atom stereocenters. The summed E-state index contributed by atoms with van der Waals surface area (Å²) in [6.45, 7) is 0. The van der Waals surface area contributed by atoms with Gasteiger partial charge in [-0.1, -0.05) is 127 Å². The van der Waals surface area contributed by atoms with Crippen LogP contribution in [0.3, 0.4) is 0 Å². The molecule has 8 aromatic rings. The maximum Gasteiger partial charge on any atom is 0.125 e. The quantitative estimate of drug-likeness (QED) is 0.175. The molecule has 5 heteroatoms. The number of rotatable bonds is 3. The van der Waals surface area contributed by atoms with Crippen LogP contribution in [-0.4, -0.2) is 21.4 Å². The number of pyridine rings is 1. The molecule has 0 fully saturated rings. The van der Waals surface area contributed by atoms with Gasteiger partial charge in [-0.2, -0.15) is 0 Å². The van der Waals surface area contributed by atoms with Crippen LogP contribution in [0.4, 0.5) is 5.69 Å². The molecule has 4 nitrogen and oxygen atoms in total. The number of aliphatic imine (C=N–C) groups is 1. The van der Waals surface area contributed by atoms with Gasteiger partial charge in [0, 0.05) is 37.4 Å². The first-order valence-corrected chi connectivity index (χ1v) is 16.5. The Morgan fingerprint density at radius 3 is 1.82 bits per heavy atom. The summed E-state index contributed by atoms with van der Waals surface area (Å²) < 4.78 is 0. The molecule has 7 aromatic carbocycles. The summed E-state index contributed by atoms with van der Waals surface area (Å²) in [5.74, 6) is 0.362. The summed E-state index contributed by atoms with van der Waals surface area (Å²) in [4.78, 5) is 10.2. The van der Waals surface area contributed by atoms with E-state index in [2.05, 4.69) is 91.0 Å². The number of phenols is 2. The molecule has 10 rings (SSSR count). The van der Waals surface area contributed by atoms with Crippen LogP contribution >= 0.6 is 0 Å². The number of hydrogen-bond donors (Lipinski definition) is 2. The molecule has 50 heavy (non-hydrogen) atoms. The van der Waals surface area contributed by atoms with Crippen LogP contribution in [-0.2, 0) is 26.5 Å². The van der Waals surface area contributed by atoms with Gasteiger partial charge < -0.3 is 10.2 Å². The number of nitrogens with zero attached hydrogens (tertiary/aromatic N) is 2. The topological polar surface area (TPSA) is 65.7 Å². The Morgan fingerprint density at radius 1 is 0.540 bits per heavy atom. The standard InChI is InChI=1S/C45H28N2O2.Pt/c48-40-22-10-13-27-12-9-21-37(42(27)40)46-26-39-29-14-2-1-11-28(29)25-38(47-39)43-41(49)24-23-33-32-17-5-8-20-36(32)45(44(33)43)34-18-6-3-15-30(34)31-16-4-7-19-35(31)45;/h1-26,48-49H;. The molecule has 0 aliphatic heterocycles. The monoisotopic (exact) mass is 823 g/mol. The van der Waals surface area contributed by atoms with Crippen LogP contribution in [0, 0.1) is 0 Å². The fourth-order valence-corrected chi connectivity index (χ4v) is 8.43. The van der Waals surface area contributed by atoms with Gasteiger partial charge >= 0.3 is 0 Å². The normalized spacial score (nSPS) is 13.3. The Bertz CT molecular complexity index is 2650. The summed E-state index contributed by atoms with van der Waals surface area (Å²) in [6, 6.07) is 51.3. The van der Waals surface area contributed by atoms with Crippen molar-refractivity contribution in [2.75, 3.05) is 0 Å². The Kier molecular flexibility index (Phi) is 6.88. The van der Waals surface area contributed by atoms with E-state index < -0.39 is 5.41 Å². The number of hydrogen-bond acceptors (Lipinski definition) is 4. The van der Waals surface area contributed by atoms with Crippen molar-refractivity contribution in [2.24, 2.45) is 4.99 Å². The number of aromatic nitrogens is 1. The van der Waals surface area contributed by atoms with Crippen molar-refractivity contribution >= 4 is 33.4 Å². The Hall–Kier alpha value is -5.83. The van der Waals surface area contributed by atoms with Crippen molar-refractivity contribution in [3.63, 3.8) is 0 Å². The average Bonchev–Trinajstić information content (AvgIpc) is 3.61. The second kappa shape index (κ2) is 11.4. The van der Waals surface area contributed by atoms with Crippen LogP contribution in [0.25, 0.3) is 55.1 Å². The molecule has 1 aromatic heterocycles. The van der Waals surface area contributed by atoms with Crippen LogP contribution in [0.2, 0.25) is 0 Å². The smallest absolute Gasteiger partial charge is 0.125 e. The zero-order chi connectivity index (χ0) is 32.7. The first-order valence-electron chi connectivity index (χ1n) is 16.5. The predicted molar refractivity (Wildman–Crippen MR) is 198 cm³/mol. The van der Waals surface area contributed by atoms with E-state index in [1.54, 1.807) is 18.3 Å². The van der Waals surface area contributed by atoms with Crippen molar-refractivity contribution in [1.29, 1.82) is 0 Å². The van der Waals surface area contributed by atoms with Crippen LogP contribution in [0.5, 0.6) is 11.5 Å². The fourth-order valence-electron chi connectivity index (χ4n) is 8.43. The molecule has 1 spiro atoms. The average molecular weight is 824 g/mol. The minimum Gasteiger partial charge on any atom is -0.507 e. The zero-order valence-corrected chi connectivity index (χ0v) is 28.9. The Labute approximate surface area is 303 Å². The number of aromatic hydroxyl groups is 2. The van der Waals surface area contributed by atoms with Crippen molar-refractivity contribution in [3.05, 3.63) is 180 Å². The van der Waals surface area contributed by atoms with Gasteiger partial charge in [0.1, 0.15) is 11.5 Å². The molecular weight excluding hydrogens is 796 g/mol. The van der Waals surface area contributed by atoms with Crippen molar-refractivity contribution in [2.45, 2.75) is 5.41 Å². The summed E-state index contributed by atoms with van der Waals surface area (Å²) in [7, 11) is 0. The minimum atomic E-state index is -0.644. The van der Waals surface area contributed by atoms with Gasteiger partial charge in [0.05, 0.1) is 28.7 Å². The largest absolute Gasteiger partial charge is 0.507 e. The molecule has 2 aliphatic carbocycles. The fraction of sp³-hybridized carbons (Fsp3) is 0.0222. The second-order valence-electron chi connectivity index (χ2n) is 12.8. The van der Waals surface area contributed by atoms with E-state index in [9.17, 15) is 10.2 Å². The van der Waals surface area contributed by atoms with E-state index >= 15 is 0 Å². The maximum absolute atomic E-state index is 12.0. The van der Waals surface area contributed by atoms with Gasteiger partial charge in [0.2, 0.25) is 0 Å². The third kappa shape index (κ3) is 4.09. The van der Waals surface area contributed by atoms with Gasteiger partial charge in [-0.3, -0.25) is 4.99 Å². The third-order valence-electron chi connectivity index (χ3n) is 10.3. The molecular formula is C45H28N2O2Pt. The molecule has 240 valence electrons. The summed E-state index contributed by atoms with van der Waals surface area (Å²) in [5.41, 5.74) is 11.4. The SMILES string of the molecule is Oc1ccc2c(c1-c1cc3ccccc3c(C=Nc3cccc4cccc(O)c34)n1)C1(c3ccccc3-c3ccccc31)c1ccccc1-2.[Pt]. The molecule has 0 radical (unpaired) electrons. The van der Waals surface area contributed by atoms with Crippen molar-refractivity contribution in [1.82, 2.24) is 4.98 Å². The van der Waals surface area contributed by atoms with Gasteiger partial charge in [0.15, 0.2) is 0 Å². The van der Waals surface area contributed by atoms with Crippen LogP contribution in [0.1, 0.15) is 27.9 Å². The van der Waals surface area contributed by atoms with E-state index in [0.29, 0.717) is 28.0 Å². The van der Waals surface area contributed by atoms with Gasteiger partial charge in [-0.15, -0.1) is 0 Å². The number of phenolic OH excluding ortho intramolecular Hbond substituents is 2. The van der Waals surface area contributed by atoms with E-state index in [1.165, 1.54) is 27.8 Å². The molecule has 0 amide bonds. The number of benzene rings is 7. The molecule has 2 aliphatic rings. The van der Waals surface area contributed by atoms with Crippen LogP contribution in [0.15, 0.2) is 157 Å². The van der Waals surface area contributed by atoms with Crippen molar-refractivity contribution in [3.8, 4) is 45.0 Å². The van der Waals surface area contributed by atoms with Gasteiger partial charge in [-0.05, 0) is 79.5 Å². The van der Waals surface area contributed by atoms with Crippen molar-refractivity contribution < 1.29 is 31.3 Å². The molecule has 2 N–H and O–H groups in total. The predicted octanol–water partition coefficient (Wildman–Crippen LogP) is 10.6. The molecule has 0 unspecified atom stereocenters. The minimum absolute atomic E-state index is 0. The van der Waals surface area contributed by atoms with Gasteiger partial charge in [0.25, 0.3) is 0 Å². The molecule has 0 bridgehead atoms. The van der Waals surface area contributed by atoms with Gasteiger partial charge in [-0.25, -0.2) is 4.98 Å². The summed E-state index contributed by atoms with van der Waals surface area (Å²) >= 11 is 0. The summed E-state index contributed by atoms with van der Waals surface area (Å²) in [6.07, 6.45) is 1.78. The maximum atomic E-state index is 12.0. The molecule has 0 saturated carbocycles. The summed E-state index contributed by atoms with van der Waals surface area (Å²) in [5, 5.41) is 26.2. The molecule has 1 heterocycles. The zero-order valence-electron chi connectivity index (χ0n) is 26.6. The first kappa shape index (κ1) is 30.2. The van der Waals surface area contributed by atoms with E-state index in [1.807, 2.05) is 48.5 Å². The second-order valence-corrected chi connectivity index (χ2v) is 12.8. The third-order valence-corrected chi connectivity index (χ3v) is 10.3. The Balaban J connectivity index is 0.00000336.